The number of nitrogen functional groups attached to an aromatic ring is 2. The number of aromatic nitrogens is 3. The van der Waals surface area contributed by atoms with E-state index in [1.54, 1.807) is 23.3 Å². The van der Waals surface area contributed by atoms with E-state index in [4.69, 9.17) is 16.2 Å². The van der Waals surface area contributed by atoms with Gasteiger partial charge in [-0.25, -0.2) is 0 Å². The molecular weight excluding hydrogens is 384 g/mol. The van der Waals surface area contributed by atoms with Crippen molar-refractivity contribution in [3.05, 3.63) is 46.7 Å². The molecule has 8 nitrogen and oxygen atoms in total. The molecule has 0 aliphatic rings. The molecule has 0 saturated heterocycles. The van der Waals surface area contributed by atoms with E-state index in [2.05, 4.69) is 15.0 Å². The first kappa shape index (κ1) is 18.9. The van der Waals surface area contributed by atoms with Crippen molar-refractivity contribution in [2.45, 2.75) is 11.7 Å². The van der Waals surface area contributed by atoms with Gasteiger partial charge in [0.15, 0.2) is 5.16 Å². The molecule has 27 heavy (non-hydrogen) atoms. The van der Waals surface area contributed by atoms with Crippen LogP contribution in [0.15, 0.2) is 46.9 Å². The van der Waals surface area contributed by atoms with Crippen molar-refractivity contribution in [1.82, 2.24) is 15.0 Å². The van der Waals surface area contributed by atoms with Gasteiger partial charge in [0.2, 0.25) is 17.8 Å². The summed E-state index contributed by atoms with van der Waals surface area (Å²) in [5.74, 6) is 0.843. The molecule has 0 unspecified atom stereocenters. The van der Waals surface area contributed by atoms with E-state index in [-0.39, 0.29) is 23.6 Å². The van der Waals surface area contributed by atoms with Crippen LogP contribution in [0.4, 0.5) is 17.6 Å². The maximum absolute atomic E-state index is 12.9. The number of thioether (sulfide) groups is 1. The van der Waals surface area contributed by atoms with E-state index < -0.39 is 0 Å². The predicted molar refractivity (Wildman–Crippen MR) is 108 cm³/mol. The Kier molecular flexibility index (Phi) is 6.09. The van der Waals surface area contributed by atoms with Crippen molar-refractivity contribution < 1.29 is 9.53 Å². The number of carbonyl (C=O) groups excluding carboxylic acids is 1. The first-order valence-electron chi connectivity index (χ1n) is 7.92. The average Bonchev–Trinajstić information content (AvgIpc) is 3.17. The minimum absolute atomic E-state index is 0.0306. The molecule has 0 saturated carbocycles. The highest BCUT2D eigenvalue weighted by Gasteiger charge is 2.18. The molecule has 1 amide bonds. The number of amides is 1. The lowest BCUT2D eigenvalue weighted by Gasteiger charge is -2.22. The summed E-state index contributed by atoms with van der Waals surface area (Å²) in [5, 5.41) is 2.30. The molecule has 4 N–H and O–H groups in total. The maximum atomic E-state index is 12.9. The maximum Gasteiger partial charge on any atom is 0.237 e. The summed E-state index contributed by atoms with van der Waals surface area (Å²) in [5.41, 5.74) is 11.9. The van der Waals surface area contributed by atoms with Crippen molar-refractivity contribution in [3.8, 4) is 5.75 Å². The van der Waals surface area contributed by atoms with Gasteiger partial charge in [0, 0.05) is 10.6 Å². The van der Waals surface area contributed by atoms with Crippen LogP contribution in [0, 0.1) is 0 Å². The zero-order valence-corrected chi connectivity index (χ0v) is 16.2. The van der Waals surface area contributed by atoms with Gasteiger partial charge < -0.3 is 21.1 Å². The molecule has 2 aromatic heterocycles. The first-order chi connectivity index (χ1) is 13.0. The van der Waals surface area contributed by atoms with Crippen LogP contribution in [0.1, 0.15) is 4.88 Å². The van der Waals surface area contributed by atoms with E-state index in [0.717, 1.165) is 16.3 Å². The number of carbonyl (C=O) groups is 1. The Labute approximate surface area is 164 Å². The minimum Gasteiger partial charge on any atom is -0.497 e. The van der Waals surface area contributed by atoms with Gasteiger partial charge in [-0.3, -0.25) is 4.79 Å². The predicted octanol–water partition coefficient (Wildman–Crippen LogP) is 2.43. The third kappa shape index (κ3) is 5.08. The highest BCUT2D eigenvalue weighted by molar-refractivity contribution is 7.99. The zero-order chi connectivity index (χ0) is 19.2. The van der Waals surface area contributed by atoms with Gasteiger partial charge >= 0.3 is 0 Å². The van der Waals surface area contributed by atoms with Gasteiger partial charge in [-0.15, -0.1) is 11.3 Å². The Balaban J connectivity index is 1.77. The van der Waals surface area contributed by atoms with Crippen LogP contribution in [-0.2, 0) is 11.3 Å². The SMILES string of the molecule is COc1ccc(N(Cc2cccs2)C(=O)CSc2nc(N)nc(N)n2)cc1. The fraction of sp³-hybridized carbons (Fsp3) is 0.176. The lowest BCUT2D eigenvalue weighted by atomic mass is 10.2. The first-order valence-corrected chi connectivity index (χ1v) is 9.78. The second-order valence-corrected chi connectivity index (χ2v) is 7.36. The topological polar surface area (TPSA) is 120 Å². The molecule has 0 aliphatic heterocycles. The molecule has 2 heterocycles. The van der Waals surface area contributed by atoms with Crippen LogP contribution in [-0.4, -0.2) is 33.7 Å². The van der Waals surface area contributed by atoms with E-state index >= 15 is 0 Å². The fourth-order valence-electron chi connectivity index (χ4n) is 2.30. The summed E-state index contributed by atoms with van der Waals surface area (Å²) in [6.07, 6.45) is 0. The largest absolute Gasteiger partial charge is 0.497 e. The number of hydrogen-bond donors (Lipinski definition) is 2. The molecular formula is C17H18N6O2S2. The second-order valence-electron chi connectivity index (χ2n) is 5.38. The van der Waals surface area contributed by atoms with E-state index in [1.165, 1.54) is 11.8 Å². The van der Waals surface area contributed by atoms with Gasteiger partial charge in [-0.1, -0.05) is 17.8 Å². The molecule has 0 fully saturated rings. The number of ether oxygens (including phenoxy) is 1. The number of benzene rings is 1. The van der Waals surface area contributed by atoms with Crippen LogP contribution in [0.5, 0.6) is 5.75 Å². The number of hydrogen-bond acceptors (Lipinski definition) is 9. The van der Waals surface area contributed by atoms with Gasteiger partial charge in [-0.2, -0.15) is 15.0 Å². The Bertz CT molecular complexity index is 882. The standard InChI is InChI=1S/C17H18N6O2S2/c1-25-12-6-4-11(5-7-12)23(9-13-3-2-8-26-13)14(24)10-27-17-21-15(18)20-16(19)22-17/h2-8H,9-10H2,1H3,(H4,18,19,20,21,22). The third-order valence-corrected chi connectivity index (χ3v) is 5.25. The normalized spacial score (nSPS) is 10.6. The van der Waals surface area contributed by atoms with E-state index in [9.17, 15) is 4.79 Å². The summed E-state index contributed by atoms with van der Waals surface area (Å²) in [4.78, 5) is 27.4. The van der Waals surface area contributed by atoms with E-state index in [0.29, 0.717) is 11.7 Å². The molecule has 0 radical (unpaired) electrons. The molecule has 140 valence electrons. The van der Waals surface area contributed by atoms with Crippen LogP contribution in [0.3, 0.4) is 0 Å². The number of thiophene rings is 1. The number of anilines is 3. The lowest BCUT2D eigenvalue weighted by Crippen LogP contribution is -2.31. The third-order valence-electron chi connectivity index (χ3n) is 3.55. The van der Waals surface area contributed by atoms with Gasteiger partial charge in [0.05, 0.1) is 19.4 Å². The Morgan fingerprint density at radius 3 is 2.44 bits per heavy atom. The molecule has 0 atom stereocenters. The summed E-state index contributed by atoms with van der Waals surface area (Å²) in [7, 11) is 1.60. The molecule has 3 rings (SSSR count). The van der Waals surface area contributed by atoms with Crippen LogP contribution in [0.2, 0.25) is 0 Å². The number of rotatable bonds is 7. The molecule has 0 aliphatic carbocycles. The van der Waals surface area contributed by atoms with Crippen molar-refractivity contribution >= 4 is 46.6 Å². The Morgan fingerprint density at radius 1 is 1.15 bits per heavy atom. The second kappa shape index (κ2) is 8.69. The number of methoxy groups -OCH3 is 1. The molecule has 3 aromatic rings. The highest BCUT2D eigenvalue weighted by atomic mass is 32.2. The molecule has 10 heteroatoms. The molecule has 0 bridgehead atoms. The highest BCUT2D eigenvalue weighted by Crippen LogP contribution is 2.24. The number of nitrogens with two attached hydrogens (primary N) is 2. The fourth-order valence-corrected chi connectivity index (χ4v) is 3.72. The van der Waals surface area contributed by atoms with Crippen LogP contribution < -0.4 is 21.1 Å². The van der Waals surface area contributed by atoms with Crippen LogP contribution in [0.25, 0.3) is 0 Å². The summed E-state index contributed by atoms with van der Waals surface area (Å²) in [6.45, 7) is 0.477. The quantitative estimate of drug-likeness (QED) is 0.578. The van der Waals surface area contributed by atoms with Gasteiger partial charge in [0.1, 0.15) is 5.75 Å². The zero-order valence-electron chi connectivity index (χ0n) is 14.5. The van der Waals surface area contributed by atoms with Crippen molar-refractivity contribution in [2.24, 2.45) is 0 Å². The summed E-state index contributed by atoms with van der Waals surface area (Å²) >= 11 is 2.76. The van der Waals surface area contributed by atoms with Crippen LogP contribution >= 0.6 is 23.1 Å². The van der Waals surface area contributed by atoms with Crippen molar-refractivity contribution in [1.29, 1.82) is 0 Å². The van der Waals surface area contributed by atoms with Gasteiger partial charge in [0.25, 0.3) is 0 Å². The minimum atomic E-state index is -0.0869. The Morgan fingerprint density at radius 2 is 1.85 bits per heavy atom. The average molecular weight is 403 g/mol. The van der Waals surface area contributed by atoms with Crippen molar-refractivity contribution in [3.63, 3.8) is 0 Å². The summed E-state index contributed by atoms with van der Waals surface area (Å²) in [6, 6.07) is 11.3. The molecule has 1 aromatic carbocycles. The number of nitrogens with zero attached hydrogens (tertiary/aromatic N) is 4. The van der Waals surface area contributed by atoms with Crippen molar-refractivity contribution in [2.75, 3.05) is 29.2 Å². The lowest BCUT2D eigenvalue weighted by molar-refractivity contribution is -0.116. The monoisotopic (exact) mass is 402 g/mol. The van der Waals surface area contributed by atoms with Gasteiger partial charge in [-0.05, 0) is 35.7 Å². The Hall–Kier alpha value is -2.85. The molecule has 0 spiro atoms. The smallest absolute Gasteiger partial charge is 0.237 e. The summed E-state index contributed by atoms with van der Waals surface area (Å²) < 4.78 is 5.19. The van der Waals surface area contributed by atoms with E-state index in [1.807, 2.05) is 41.8 Å².